The predicted octanol–water partition coefficient (Wildman–Crippen LogP) is 3.99. The van der Waals surface area contributed by atoms with Crippen LogP contribution in [0.4, 0.5) is 4.39 Å². The van der Waals surface area contributed by atoms with Gasteiger partial charge >= 0.3 is 0 Å². The number of nitrogens with zero attached hydrogens (tertiary/aromatic N) is 3. The minimum absolute atomic E-state index is 0.0409. The summed E-state index contributed by atoms with van der Waals surface area (Å²) < 4.78 is 19.4. The van der Waals surface area contributed by atoms with Gasteiger partial charge in [-0.2, -0.15) is 5.10 Å². The van der Waals surface area contributed by atoms with Gasteiger partial charge in [0, 0.05) is 43.7 Å². The van der Waals surface area contributed by atoms with Gasteiger partial charge in [-0.05, 0) is 44.6 Å². The smallest absolute Gasteiger partial charge is 0.272 e. The molecule has 2 unspecified atom stereocenters. The first kappa shape index (κ1) is 24.0. The number of aromatic nitrogens is 3. The quantitative estimate of drug-likeness (QED) is 0.606. The summed E-state index contributed by atoms with van der Waals surface area (Å²) in [5.41, 5.74) is 0.870. The normalized spacial score (nSPS) is 25.9. The predicted molar refractivity (Wildman–Crippen MR) is 132 cm³/mol. The summed E-state index contributed by atoms with van der Waals surface area (Å²) in [7, 11) is 0.408. The second kappa shape index (κ2) is 9.37. The van der Waals surface area contributed by atoms with Gasteiger partial charge in [-0.3, -0.25) is 14.7 Å². The highest BCUT2D eigenvalue weighted by Gasteiger charge is 2.46. The number of halogens is 1. The SMILES string of the molecule is COc1cc(-c2cc(C(=O)N3C4CCC3CC(C(=O)NC3CC[Si](C)(C)CC3)C4)[nH]n2)c(F)cn1. The average Bonchev–Trinajstić information content (AvgIpc) is 3.43. The van der Waals surface area contributed by atoms with Crippen molar-refractivity contribution in [3.63, 3.8) is 0 Å². The maximum absolute atomic E-state index is 14.3. The van der Waals surface area contributed by atoms with E-state index in [1.54, 1.807) is 6.07 Å². The van der Waals surface area contributed by atoms with Crippen molar-refractivity contribution in [1.29, 1.82) is 0 Å². The largest absolute Gasteiger partial charge is 0.481 e. The molecule has 10 heteroatoms. The molecule has 0 saturated carbocycles. The van der Waals surface area contributed by atoms with Crippen molar-refractivity contribution in [3.8, 4) is 17.1 Å². The van der Waals surface area contributed by atoms with E-state index in [-0.39, 0.29) is 41.3 Å². The molecule has 2 amide bonds. The van der Waals surface area contributed by atoms with E-state index >= 15 is 0 Å². The minimum atomic E-state index is -1.05. The number of H-pyrrole nitrogens is 1. The number of hydrogen-bond acceptors (Lipinski definition) is 5. The number of nitrogens with one attached hydrogen (secondary N) is 2. The lowest BCUT2D eigenvalue weighted by Crippen LogP contribution is -2.51. The van der Waals surface area contributed by atoms with E-state index in [0.29, 0.717) is 30.3 Å². The third-order valence-electron chi connectivity index (χ3n) is 8.15. The lowest BCUT2D eigenvalue weighted by Gasteiger charge is -2.39. The Balaban J connectivity index is 1.24. The van der Waals surface area contributed by atoms with Crippen LogP contribution >= 0.6 is 0 Å². The molecule has 3 saturated heterocycles. The van der Waals surface area contributed by atoms with Crippen molar-refractivity contribution < 1.29 is 18.7 Å². The minimum Gasteiger partial charge on any atom is -0.481 e. The van der Waals surface area contributed by atoms with Crippen LogP contribution < -0.4 is 10.1 Å². The first-order valence-electron chi connectivity index (χ1n) is 12.6. The molecule has 2 bridgehead atoms. The topological polar surface area (TPSA) is 100 Å². The highest BCUT2D eigenvalue weighted by molar-refractivity contribution is 6.77. The first-order valence-corrected chi connectivity index (χ1v) is 16.0. The fourth-order valence-electron chi connectivity index (χ4n) is 6.02. The summed E-state index contributed by atoms with van der Waals surface area (Å²) >= 11 is 0. The van der Waals surface area contributed by atoms with Gasteiger partial charge in [0.2, 0.25) is 11.8 Å². The second-order valence-corrected chi connectivity index (χ2v) is 16.4. The second-order valence-electron chi connectivity index (χ2n) is 11.1. The third-order valence-corrected chi connectivity index (χ3v) is 11.4. The van der Waals surface area contributed by atoms with Crippen LogP contribution in [-0.4, -0.2) is 65.2 Å². The van der Waals surface area contributed by atoms with Crippen molar-refractivity contribution in [2.45, 2.75) is 81.8 Å². The number of methoxy groups -OCH3 is 1. The Morgan fingerprint density at radius 1 is 1.14 bits per heavy atom. The number of piperidine rings is 1. The summed E-state index contributed by atoms with van der Waals surface area (Å²) in [6.07, 6.45) is 6.47. The molecule has 188 valence electrons. The van der Waals surface area contributed by atoms with Gasteiger partial charge in [0.05, 0.1) is 19.0 Å². The number of carbonyl (C=O) groups excluding carboxylic acids is 2. The van der Waals surface area contributed by atoms with Crippen LogP contribution in [0.15, 0.2) is 18.3 Å². The zero-order valence-corrected chi connectivity index (χ0v) is 21.6. The molecule has 0 radical (unpaired) electrons. The van der Waals surface area contributed by atoms with Gasteiger partial charge in [-0.25, -0.2) is 9.37 Å². The molecule has 0 aromatic carbocycles. The molecule has 0 aliphatic carbocycles. The van der Waals surface area contributed by atoms with Crippen LogP contribution in [0.2, 0.25) is 25.2 Å². The van der Waals surface area contributed by atoms with Crippen LogP contribution in [0, 0.1) is 11.7 Å². The first-order chi connectivity index (χ1) is 16.7. The van der Waals surface area contributed by atoms with E-state index in [1.807, 2.05) is 4.90 Å². The Morgan fingerprint density at radius 3 is 2.49 bits per heavy atom. The van der Waals surface area contributed by atoms with E-state index < -0.39 is 13.9 Å². The molecule has 3 aliphatic heterocycles. The molecular weight excluding hydrogens is 465 g/mol. The molecule has 0 spiro atoms. The average molecular weight is 500 g/mol. The zero-order chi connectivity index (χ0) is 24.7. The number of hydrogen-bond donors (Lipinski definition) is 2. The molecule has 3 fully saturated rings. The molecule has 2 aromatic heterocycles. The molecule has 5 rings (SSSR count). The number of fused-ring (bicyclic) bond motifs is 2. The van der Waals surface area contributed by atoms with Crippen LogP contribution in [-0.2, 0) is 4.79 Å². The maximum Gasteiger partial charge on any atom is 0.272 e. The van der Waals surface area contributed by atoms with E-state index in [0.717, 1.165) is 31.9 Å². The van der Waals surface area contributed by atoms with Gasteiger partial charge < -0.3 is 15.0 Å². The summed E-state index contributed by atoms with van der Waals surface area (Å²) in [5, 5.41) is 10.3. The summed E-state index contributed by atoms with van der Waals surface area (Å²) in [6, 6.07) is 5.97. The van der Waals surface area contributed by atoms with Gasteiger partial charge in [-0.1, -0.05) is 25.2 Å². The number of carbonyl (C=O) groups is 2. The van der Waals surface area contributed by atoms with Crippen LogP contribution in [0.3, 0.4) is 0 Å². The number of amides is 2. The monoisotopic (exact) mass is 499 g/mol. The lowest BCUT2D eigenvalue weighted by atomic mass is 9.89. The fraction of sp³-hybridized carbons (Fsp3) is 0.600. The number of pyridine rings is 1. The van der Waals surface area contributed by atoms with E-state index in [1.165, 1.54) is 25.3 Å². The third kappa shape index (κ3) is 4.85. The van der Waals surface area contributed by atoms with Crippen molar-refractivity contribution in [1.82, 2.24) is 25.4 Å². The molecule has 5 heterocycles. The van der Waals surface area contributed by atoms with Gasteiger partial charge in [0.25, 0.3) is 5.91 Å². The van der Waals surface area contributed by atoms with Crippen molar-refractivity contribution in [3.05, 3.63) is 29.8 Å². The summed E-state index contributed by atoms with van der Waals surface area (Å²) in [6.45, 7) is 4.87. The molecule has 2 N–H and O–H groups in total. The fourth-order valence-corrected chi connectivity index (χ4v) is 8.53. The molecule has 8 nitrogen and oxygen atoms in total. The Kier molecular flexibility index (Phi) is 6.41. The summed E-state index contributed by atoms with van der Waals surface area (Å²) in [4.78, 5) is 32.2. The molecule has 35 heavy (non-hydrogen) atoms. The molecule has 2 atom stereocenters. The molecule has 3 aliphatic rings. The van der Waals surface area contributed by atoms with Crippen molar-refractivity contribution in [2.75, 3.05) is 7.11 Å². The summed E-state index contributed by atoms with van der Waals surface area (Å²) in [5.74, 6) is -0.288. The van der Waals surface area contributed by atoms with Gasteiger partial charge in [0.1, 0.15) is 5.69 Å². The van der Waals surface area contributed by atoms with E-state index in [4.69, 9.17) is 4.74 Å². The number of ether oxygens (including phenoxy) is 1. The zero-order valence-electron chi connectivity index (χ0n) is 20.6. The Bertz CT molecular complexity index is 1100. The van der Waals surface area contributed by atoms with Crippen LogP contribution in [0.1, 0.15) is 49.0 Å². The Labute approximate surface area is 206 Å². The standard InChI is InChI=1S/C25H34FN5O3Si/c1-34-23-12-19(20(26)14-27-23)21-13-22(30-29-21)25(33)31-17-4-5-18(31)11-15(10-17)24(32)28-16-6-8-35(2,3)9-7-16/h12-18H,4-11H2,1-3H3,(H,28,32)(H,29,30). The highest BCUT2D eigenvalue weighted by Crippen LogP contribution is 2.40. The van der Waals surface area contributed by atoms with Gasteiger partial charge in [-0.15, -0.1) is 0 Å². The number of aromatic amines is 1. The Morgan fingerprint density at radius 2 is 1.83 bits per heavy atom. The number of rotatable bonds is 5. The molecular formula is C25H34FN5O3Si. The van der Waals surface area contributed by atoms with Crippen LogP contribution in [0.25, 0.3) is 11.3 Å². The maximum atomic E-state index is 14.3. The highest BCUT2D eigenvalue weighted by atomic mass is 28.3. The lowest BCUT2D eigenvalue weighted by molar-refractivity contribution is -0.128. The Hall–Kier alpha value is -2.75. The van der Waals surface area contributed by atoms with E-state index in [9.17, 15) is 14.0 Å². The molecule has 2 aromatic rings. The van der Waals surface area contributed by atoms with Crippen molar-refractivity contribution >= 4 is 19.9 Å². The van der Waals surface area contributed by atoms with Gasteiger partial charge in [0.15, 0.2) is 5.82 Å². The van der Waals surface area contributed by atoms with E-state index in [2.05, 4.69) is 33.6 Å². The van der Waals surface area contributed by atoms with Crippen LogP contribution in [0.5, 0.6) is 5.88 Å². The van der Waals surface area contributed by atoms with Crippen molar-refractivity contribution in [2.24, 2.45) is 5.92 Å².